The van der Waals surface area contributed by atoms with Crippen molar-refractivity contribution in [2.45, 2.75) is 26.8 Å². The minimum absolute atomic E-state index is 0.281. The summed E-state index contributed by atoms with van der Waals surface area (Å²) in [5.74, 6) is -0.281. The van der Waals surface area contributed by atoms with Gasteiger partial charge in [-0.1, -0.05) is 6.92 Å². The third-order valence-corrected chi connectivity index (χ3v) is 2.81. The first kappa shape index (κ1) is 12.5. The molecule has 0 saturated heterocycles. The molecule has 0 amide bonds. The van der Waals surface area contributed by atoms with E-state index in [0.717, 1.165) is 30.4 Å². The summed E-state index contributed by atoms with van der Waals surface area (Å²) in [7, 11) is 0. The lowest BCUT2D eigenvalue weighted by Crippen LogP contribution is -1.97. The van der Waals surface area contributed by atoms with Gasteiger partial charge in [0, 0.05) is 18.3 Å². The Morgan fingerprint density at radius 2 is 2.22 bits per heavy atom. The molecule has 94 valence electrons. The molecular weight excluding hydrogens is 231 g/mol. The summed E-state index contributed by atoms with van der Waals surface area (Å²) in [5.41, 5.74) is 2.74. The van der Waals surface area contributed by atoms with E-state index in [2.05, 4.69) is 5.10 Å². The van der Waals surface area contributed by atoms with E-state index in [1.165, 1.54) is 12.1 Å². The maximum atomic E-state index is 13.1. The summed E-state index contributed by atoms with van der Waals surface area (Å²) in [5, 5.41) is 4.39. The van der Waals surface area contributed by atoms with Gasteiger partial charge in [-0.25, -0.2) is 4.39 Å². The van der Waals surface area contributed by atoms with Crippen molar-refractivity contribution < 1.29 is 9.18 Å². The quantitative estimate of drug-likeness (QED) is 0.776. The first-order valence-electron chi connectivity index (χ1n) is 5.95. The Hall–Kier alpha value is -1.97. The van der Waals surface area contributed by atoms with Gasteiger partial charge < -0.3 is 0 Å². The zero-order valence-electron chi connectivity index (χ0n) is 10.5. The Kier molecular flexibility index (Phi) is 3.55. The largest absolute Gasteiger partial charge is 0.298 e. The summed E-state index contributed by atoms with van der Waals surface area (Å²) in [6, 6.07) is 4.49. The highest BCUT2D eigenvalue weighted by Gasteiger charge is 2.12. The molecule has 0 bridgehead atoms. The van der Waals surface area contributed by atoms with Gasteiger partial charge in [-0.3, -0.25) is 9.48 Å². The number of hydrogen-bond acceptors (Lipinski definition) is 2. The second-order valence-electron chi connectivity index (χ2n) is 4.27. The first-order chi connectivity index (χ1) is 8.65. The molecule has 0 aliphatic carbocycles. The highest BCUT2D eigenvalue weighted by atomic mass is 19.1. The van der Waals surface area contributed by atoms with Crippen LogP contribution in [0.25, 0.3) is 11.3 Å². The molecule has 0 unspecified atom stereocenters. The standard InChI is InChI=1S/C14H15FN2O/c1-3-6-17-8-11(9-18)14(16-17)13-5-4-12(15)7-10(13)2/h4-5,7-9H,3,6H2,1-2H3. The summed E-state index contributed by atoms with van der Waals surface area (Å²) >= 11 is 0. The van der Waals surface area contributed by atoms with Gasteiger partial charge in [0.2, 0.25) is 0 Å². The van der Waals surface area contributed by atoms with Crippen LogP contribution in [0, 0.1) is 12.7 Å². The van der Waals surface area contributed by atoms with Crippen molar-refractivity contribution in [3.63, 3.8) is 0 Å². The van der Waals surface area contributed by atoms with Crippen LogP contribution >= 0.6 is 0 Å². The number of aryl methyl sites for hydroxylation is 2. The van der Waals surface area contributed by atoms with Crippen LogP contribution in [0.1, 0.15) is 29.3 Å². The number of nitrogens with zero attached hydrogens (tertiary/aromatic N) is 2. The van der Waals surface area contributed by atoms with Gasteiger partial charge in [0.1, 0.15) is 11.5 Å². The van der Waals surface area contributed by atoms with E-state index in [9.17, 15) is 9.18 Å². The normalized spacial score (nSPS) is 10.6. The van der Waals surface area contributed by atoms with Crippen LogP contribution in [0.15, 0.2) is 24.4 Å². The van der Waals surface area contributed by atoms with E-state index < -0.39 is 0 Å². The van der Waals surface area contributed by atoms with Gasteiger partial charge in [0.15, 0.2) is 6.29 Å². The van der Waals surface area contributed by atoms with Gasteiger partial charge >= 0.3 is 0 Å². The number of hydrogen-bond donors (Lipinski definition) is 0. The van der Waals surface area contributed by atoms with Gasteiger partial charge in [-0.05, 0) is 37.1 Å². The van der Waals surface area contributed by atoms with Gasteiger partial charge in [0.25, 0.3) is 0 Å². The predicted octanol–water partition coefficient (Wildman–Crippen LogP) is 3.22. The Morgan fingerprint density at radius 3 is 2.83 bits per heavy atom. The van der Waals surface area contributed by atoms with Crippen LogP contribution in [0.3, 0.4) is 0 Å². The molecule has 0 radical (unpaired) electrons. The Balaban J connectivity index is 2.51. The zero-order valence-corrected chi connectivity index (χ0v) is 10.5. The highest BCUT2D eigenvalue weighted by Crippen LogP contribution is 2.25. The fraction of sp³-hybridized carbons (Fsp3) is 0.286. The van der Waals surface area contributed by atoms with Crippen molar-refractivity contribution in [2.75, 3.05) is 0 Å². The molecule has 0 aliphatic rings. The number of rotatable bonds is 4. The van der Waals surface area contributed by atoms with Crippen molar-refractivity contribution in [1.82, 2.24) is 9.78 Å². The number of halogens is 1. The third-order valence-electron chi connectivity index (χ3n) is 2.81. The van der Waals surface area contributed by atoms with Crippen LogP contribution in [0.4, 0.5) is 4.39 Å². The van der Waals surface area contributed by atoms with Crippen LogP contribution in [0.5, 0.6) is 0 Å². The molecule has 18 heavy (non-hydrogen) atoms. The van der Waals surface area contributed by atoms with E-state index in [1.54, 1.807) is 16.9 Å². The monoisotopic (exact) mass is 246 g/mol. The summed E-state index contributed by atoms with van der Waals surface area (Å²) in [6.45, 7) is 4.62. The lowest BCUT2D eigenvalue weighted by atomic mass is 10.0. The molecule has 0 atom stereocenters. The molecule has 0 N–H and O–H groups in total. The minimum atomic E-state index is -0.281. The summed E-state index contributed by atoms with van der Waals surface area (Å²) in [4.78, 5) is 11.1. The number of carbonyl (C=O) groups is 1. The molecule has 2 rings (SSSR count). The number of benzene rings is 1. The van der Waals surface area contributed by atoms with E-state index in [1.807, 2.05) is 13.8 Å². The highest BCUT2D eigenvalue weighted by molar-refractivity contribution is 5.86. The second-order valence-corrected chi connectivity index (χ2v) is 4.27. The maximum Gasteiger partial charge on any atom is 0.153 e. The smallest absolute Gasteiger partial charge is 0.153 e. The maximum absolute atomic E-state index is 13.1. The average Bonchev–Trinajstić information content (AvgIpc) is 2.72. The van der Waals surface area contributed by atoms with Gasteiger partial charge in [-0.2, -0.15) is 5.10 Å². The Morgan fingerprint density at radius 1 is 1.44 bits per heavy atom. The second kappa shape index (κ2) is 5.12. The van der Waals surface area contributed by atoms with Gasteiger partial charge in [0.05, 0.1) is 5.56 Å². The molecule has 0 aliphatic heterocycles. The van der Waals surface area contributed by atoms with Crippen LogP contribution in [-0.2, 0) is 6.54 Å². The Labute approximate surface area is 105 Å². The van der Waals surface area contributed by atoms with Crippen LogP contribution in [0.2, 0.25) is 0 Å². The van der Waals surface area contributed by atoms with Crippen LogP contribution in [-0.4, -0.2) is 16.1 Å². The van der Waals surface area contributed by atoms with Crippen molar-refractivity contribution in [2.24, 2.45) is 0 Å². The molecule has 0 spiro atoms. The topological polar surface area (TPSA) is 34.9 Å². The molecule has 1 aromatic carbocycles. The first-order valence-corrected chi connectivity index (χ1v) is 5.95. The van der Waals surface area contributed by atoms with Crippen LogP contribution < -0.4 is 0 Å². The van der Waals surface area contributed by atoms with Crippen molar-refractivity contribution in [3.05, 3.63) is 41.3 Å². The molecular formula is C14H15FN2O. The summed E-state index contributed by atoms with van der Waals surface area (Å²) in [6.07, 6.45) is 3.47. The van der Waals surface area contributed by atoms with Crippen molar-refractivity contribution >= 4 is 6.29 Å². The predicted molar refractivity (Wildman–Crippen MR) is 68.0 cm³/mol. The van der Waals surface area contributed by atoms with E-state index >= 15 is 0 Å². The fourth-order valence-corrected chi connectivity index (χ4v) is 1.97. The zero-order chi connectivity index (χ0) is 13.1. The molecule has 0 saturated carbocycles. The van der Waals surface area contributed by atoms with Crippen molar-refractivity contribution in [1.29, 1.82) is 0 Å². The SMILES string of the molecule is CCCn1cc(C=O)c(-c2ccc(F)cc2C)n1. The number of carbonyl (C=O) groups excluding carboxylic acids is 1. The third kappa shape index (κ3) is 2.32. The minimum Gasteiger partial charge on any atom is -0.298 e. The number of aromatic nitrogens is 2. The average molecular weight is 246 g/mol. The van der Waals surface area contributed by atoms with E-state index in [-0.39, 0.29) is 5.82 Å². The fourth-order valence-electron chi connectivity index (χ4n) is 1.97. The van der Waals surface area contributed by atoms with Crippen molar-refractivity contribution in [3.8, 4) is 11.3 Å². The lowest BCUT2D eigenvalue weighted by molar-refractivity contribution is 0.112. The molecule has 2 aromatic rings. The number of aldehydes is 1. The molecule has 1 heterocycles. The molecule has 0 fully saturated rings. The van der Waals surface area contributed by atoms with E-state index in [0.29, 0.717) is 11.3 Å². The molecule has 3 nitrogen and oxygen atoms in total. The van der Waals surface area contributed by atoms with E-state index in [4.69, 9.17) is 0 Å². The van der Waals surface area contributed by atoms with Gasteiger partial charge in [-0.15, -0.1) is 0 Å². The molecule has 1 aromatic heterocycles. The Bertz CT molecular complexity index is 575. The molecule has 4 heteroatoms. The summed E-state index contributed by atoms with van der Waals surface area (Å²) < 4.78 is 14.8. The lowest BCUT2D eigenvalue weighted by Gasteiger charge is -2.03.